The Morgan fingerprint density at radius 1 is 1.10 bits per heavy atom. The van der Waals surface area contributed by atoms with Crippen molar-refractivity contribution in [1.82, 2.24) is 10.6 Å². The van der Waals surface area contributed by atoms with E-state index >= 15 is 0 Å². The number of carboxylic acids is 1. The first-order valence-corrected chi connectivity index (χ1v) is 7.99. The predicted octanol–water partition coefficient (Wildman–Crippen LogP) is 2.86. The van der Waals surface area contributed by atoms with E-state index in [1.54, 1.807) is 0 Å². The van der Waals surface area contributed by atoms with Crippen LogP contribution in [0.1, 0.15) is 53.4 Å². The van der Waals surface area contributed by atoms with Gasteiger partial charge in [0.25, 0.3) is 0 Å². The monoisotopic (exact) mass is 298 g/mol. The average molecular weight is 298 g/mol. The SMILES string of the molecule is CC(C)C(CNC(=O)NCC1(CC(=O)O)CCC1)C(C)C. The molecule has 0 bridgehead atoms. The highest BCUT2D eigenvalue weighted by atomic mass is 16.4. The van der Waals surface area contributed by atoms with Gasteiger partial charge in [-0.25, -0.2) is 4.79 Å². The third-order valence-corrected chi connectivity index (χ3v) is 4.78. The van der Waals surface area contributed by atoms with E-state index in [1.165, 1.54) is 0 Å². The van der Waals surface area contributed by atoms with Crippen LogP contribution in [0.3, 0.4) is 0 Å². The first kappa shape index (κ1) is 17.8. The van der Waals surface area contributed by atoms with Crippen LogP contribution in [0.2, 0.25) is 0 Å². The van der Waals surface area contributed by atoms with Crippen molar-refractivity contribution in [2.45, 2.75) is 53.4 Å². The molecule has 0 aromatic heterocycles. The second-order valence-electron chi connectivity index (χ2n) is 7.14. The zero-order valence-corrected chi connectivity index (χ0v) is 13.7. The lowest BCUT2D eigenvalue weighted by Gasteiger charge is -2.40. The second kappa shape index (κ2) is 7.66. The predicted molar refractivity (Wildman–Crippen MR) is 83.1 cm³/mol. The molecule has 0 saturated heterocycles. The van der Waals surface area contributed by atoms with Gasteiger partial charge in [-0.2, -0.15) is 0 Å². The maximum atomic E-state index is 11.9. The highest BCUT2D eigenvalue weighted by molar-refractivity contribution is 5.74. The van der Waals surface area contributed by atoms with Crippen molar-refractivity contribution in [2.75, 3.05) is 13.1 Å². The second-order valence-corrected chi connectivity index (χ2v) is 7.14. The Morgan fingerprint density at radius 2 is 1.67 bits per heavy atom. The van der Waals surface area contributed by atoms with Gasteiger partial charge in [0.15, 0.2) is 0 Å². The van der Waals surface area contributed by atoms with E-state index in [4.69, 9.17) is 5.11 Å². The number of hydrogen-bond donors (Lipinski definition) is 3. The van der Waals surface area contributed by atoms with E-state index in [0.29, 0.717) is 30.8 Å². The van der Waals surface area contributed by atoms with Gasteiger partial charge in [0.1, 0.15) is 0 Å². The van der Waals surface area contributed by atoms with Crippen LogP contribution in [0.15, 0.2) is 0 Å². The summed E-state index contributed by atoms with van der Waals surface area (Å²) >= 11 is 0. The van der Waals surface area contributed by atoms with Crippen LogP contribution in [0.25, 0.3) is 0 Å². The lowest BCUT2D eigenvalue weighted by Crippen LogP contribution is -2.47. The molecule has 1 aliphatic rings. The molecule has 5 heteroatoms. The van der Waals surface area contributed by atoms with E-state index in [0.717, 1.165) is 19.3 Å². The Labute approximate surface area is 127 Å². The molecule has 122 valence electrons. The molecule has 0 unspecified atom stereocenters. The van der Waals surface area contributed by atoms with E-state index in [9.17, 15) is 9.59 Å². The molecule has 21 heavy (non-hydrogen) atoms. The summed E-state index contributed by atoms with van der Waals surface area (Å²) in [4.78, 5) is 22.8. The van der Waals surface area contributed by atoms with Gasteiger partial charge < -0.3 is 15.7 Å². The number of amides is 2. The van der Waals surface area contributed by atoms with Gasteiger partial charge in [0.05, 0.1) is 6.42 Å². The van der Waals surface area contributed by atoms with Crippen molar-refractivity contribution >= 4 is 12.0 Å². The largest absolute Gasteiger partial charge is 0.481 e. The lowest BCUT2D eigenvalue weighted by molar-refractivity contribution is -0.141. The van der Waals surface area contributed by atoms with E-state index in [2.05, 4.69) is 38.3 Å². The number of hydrogen-bond acceptors (Lipinski definition) is 2. The van der Waals surface area contributed by atoms with Crippen molar-refractivity contribution < 1.29 is 14.7 Å². The summed E-state index contributed by atoms with van der Waals surface area (Å²) in [7, 11) is 0. The molecule has 5 nitrogen and oxygen atoms in total. The minimum absolute atomic E-state index is 0.147. The van der Waals surface area contributed by atoms with Crippen LogP contribution in [0, 0.1) is 23.2 Å². The van der Waals surface area contributed by atoms with E-state index < -0.39 is 5.97 Å². The quantitative estimate of drug-likeness (QED) is 0.644. The molecule has 0 aromatic carbocycles. The molecule has 0 heterocycles. The highest BCUT2D eigenvalue weighted by Gasteiger charge is 2.39. The average Bonchev–Trinajstić information content (AvgIpc) is 2.31. The fourth-order valence-electron chi connectivity index (χ4n) is 3.20. The molecular weight excluding hydrogens is 268 g/mol. The van der Waals surface area contributed by atoms with Gasteiger partial charge in [-0.3, -0.25) is 4.79 Å². The molecule has 1 aliphatic carbocycles. The van der Waals surface area contributed by atoms with Gasteiger partial charge in [0.2, 0.25) is 0 Å². The summed E-state index contributed by atoms with van der Waals surface area (Å²) < 4.78 is 0. The van der Waals surface area contributed by atoms with E-state index in [1.807, 2.05) is 0 Å². The van der Waals surface area contributed by atoms with Crippen LogP contribution in [-0.2, 0) is 4.79 Å². The van der Waals surface area contributed by atoms with E-state index in [-0.39, 0.29) is 17.9 Å². The summed E-state index contributed by atoms with van der Waals surface area (Å²) in [5.41, 5.74) is -0.224. The Kier molecular flexibility index (Phi) is 6.49. The Bertz CT molecular complexity index is 355. The Balaban J connectivity index is 2.35. The molecule has 0 aliphatic heterocycles. The molecule has 1 saturated carbocycles. The summed E-state index contributed by atoms with van der Waals surface area (Å²) in [6.07, 6.45) is 2.98. The summed E-state index contributed by atoms with van der Waals surface area (Å²) in [5.74, 6) is 0.717. The molecule has 1 rings (SSSR count). The standard InChI is InChI=1S/C16H30N2O3/c1-11(2)13(12(3)4)9-17-15(21)18-10-16(6-5-7-16)8-14(19)20/h11-13H,5-10H2,1-4H3,(H,19,20)(H2,17,18,21). The van der Waals surface area contributed by atoms with Crippen LogP contribution in [-0.4, -0.2) is 30.2 Å². The number of carbonyl (C=O) groups is 2. The van der Waals surface area contributed by atoms with Gasteiger partial charge in [-0.05, 0) is 36.0 Å². The topological polar surface area (TPSA) is 78.4 Å². The molecule has 3 N–H and O–H groups in total. The van der Waals surface area contributed by atoms with Crippen molar-refractivity contribution in [3.05, 3.63) is 0 Å². The Morgan fingerprint density at radius 3 is 2.05 bits per heavy atom. The zero-order chi connectivity index (χ0) is 16.0. The number of carbonyl (C=O) groups excluding carboxylic acids is 1. The number of rotatable bonds is 8. The number of nitrogens with one attached hydrogen (secondary N) is 2. The third-order valence-electron chi connectivity index (χ3n) is 4.78. The van der Waals surface area contributed by atoms with Crippen molar-refractivity contribution in [2.24, 2.45) is 23.2 Å². The summed E-state index contributed by atoms with van der Waals surface area (Å²) in [6, 6.07) is -0.182. The highest BCUT2D eigenvalue weighted by Crippen LogP contribution is 2.43. The van der Waals surface area contributed by atoms with Gasteiger partial charge in [-0.1, -0.05) is 34.1 Å². The zero-order valence-electron chi connectivity index (χ0n) is 13.7. The fourth-order valence-corrected chi connectivity index (χ4v) is 3.20. The number of carboxylic acid groups (broad SMARTS) is 1. The minimum atomic E-state index is -0.781. The third kappa shape index (κ3) is 5.56. The molecule has 2 amide bonds. The maximum absolute atomic E-state index is 11.9. The molecule has 0 spiro atoms. The number of aliphatic carboxylic acids is 1. The van der Waals surface area contributed by atoms with Gasteiger partial charge in [-0.15, -0.1) is 0 Å². The first-order valence-electron chi connectivity index (χ1n) is 7.99. The van der Waals surface area contributed by atoms with Crippen LogP contribution in [0.4, 0.5) is 4.79 Å². The molecule has 0 radical (unpaired) electrons. The molecular formula is C16H30N2O3. The molecule has 0 atom stereocenters. The minimum Gasteiger partial charge on any atom is -0.481 e. The van der Waals surface area contributed by atoms with Crippen LogP contribution in [0.5, 0.6) is 0 Å². The van der Waals surface area contributed by atoms with Gasteiger partial charge >= 0.3 is 12.0 Å². The smallest absolute Gasteiger partial charge is 0.314 e. The first-order chi connectivity index (χ1) is 9.76. The molecule has 1 fully saturated rings. The van der Waals surface area contributed by atoms with Crippen LogP contribution >= 0.6 is 0 Å². The Hall–Kier alpha value is -1.26. The lowest BCUT2D eigenvalue weighted by atomic mass is 9.66. The normalized spacial score (nSPS) is 16.9. The summed E-state index contributed by atoms with van der Waals surface area (Å²) in [5, 5.41) is 14.7. The molecule has 0 aromatic rings. The summed E-state index contributed by atoms with van der Waals surface area (Å²) in [6.45, 7) is 9.79. The van der Waals surface area contributed by atoms with Crippen LogP contribution < -0.4 is 10.6 Å². The van der Waals surface area contributed by atoms with Gasteiger partial charge in [0, 0.05) is 13.1 Å². The van der Waals surface area contributed by atoms with Crippen molar-refractivity contribution in [3.63, 3.8) is 0 Å². The number of urea groups is 1. The van der Waals surface area contributed by atoms with Crippen molar-refractivity contribution in [3.8, 4) is 0 Å². The maximum Gasteiger partial charge on any atom is 0.314 e. The fraction of sp³-hybridized carbons (Fsp3) is 0.875. The van der Waals surface area contributed by atoms with Crippen molar-refractivity contribution in [1.29, 1.82) is 0 Å².